The average molecular weight is 260 g/mol. The topological polar surface area (TPSA) is 79.8 Å². The molecule has 2 rings (SSSR count). The van der Waals surface area contributed by atoms with Gasteiger partial charge in [-0.05, 0) is 25.5 Å². The Morgan fingerprint density at radius 3 is 2.84 bits per heavy atom. The van der Waals surface area contributed by atoms with E-state index < -0.39 is 0 Å². The molecule has 6 heteroatoms. The van der Waals surface area contributed by atoms with E-state index in [-0.39, 0.29) is 11.1 Å². The molecule has 0 aliphatic rings. The van der Waals surface area contributed by atoms with Gasteiger partial charge in [0.1, 0.15) is 0 Å². The standard InChI is InChI=1S/C13H16N4O2/c1-3-17-5-4-14-12(13(17)19)15-8-10-6-9(2)16-11(18)7-10/h4-7H,3,8H2,1-2H3,(H,14,15)(H,16,18). The van der Waals surface area contributed by atoms with Crippen molar-refractivity contribution in [3.05, 3.63) is 56.5 Å². The molecular formula is C13H16N4O2. The molecule has 0 aliphatic heterocycles. The maximum absolute atomic E-state index is 11.9. The molecule has 0 radical (unpaired) electrons. The molecule has 0 fully saturated rings. The van der Waals surface area contributed by atoms with E-state index in [2.05, 4.69) is 15.3 Å². The van der Waals surface area contributed by atoms with Crippen molar-refractivity contribution in [2.24, 2.45) is 0 Å². The van der Waals surface area contributed by atoms with E-state index in [1.54, 1.807) is 17.0 Å². The number of nitrogens with one attached hydrogen (secondary N) is 2. The van der Waals surface area contributed by atoms with Gasteiger partial charge in [0.05, 0.1) is 0 Å². The second-order valence-electron chi connectivity index (χ2n) is 4.26. The summed E-state index contributed by atoms with van der Waals surface area (Å²) in [5, 5.41) is 2.96. The number of pyridine rings is 1. The van der Waals surface area contributed by atoms with Crippen molar-refractivity contribution in [1.29, 1.82) is 0 Å². The van der Waals surface area contributed by atoms with Crippen LogP contribution in [0.1, 0.15) is 18.2 Å². The van der Waals surface area contributed by atoms with Crippen LogP contribution in [0.15, 0.2) is 34.1 Å². The Balaban J connectivity index is 2.19. The first-order valence-corrected chi connectivity index (χ1v) is 6.09. The zero-order chi connectivity index (χ0) is 13.8. The number of nitrogens with zero attached hydrogens (tertiary/aromatic N) is 2. The quantitative estimate of drug-likeness (QED) is 0.855. The molecule has 0 saturated carbocycles. The maximum atomic E-state index is 11.9. The zero-order valence-corrected chi connectivity index (χ0v) is 10.9. The lowest BCUT2D eigenvalue weighted by Gasteiger charge is -2.07. The van der Waals surface area contributed by atoms with Crippen molar-refractivity contribution in [2.75, 3.05) is 5.32 Å². The van der Waals surface area contributed by atoms with Crippen molar-refractivity contribution in [2.45, 2.75) is 26.9 Å². The molecule has 100 valence electrons. The molecule has 0 aliphatic carbocycles. The largest absolute Gasteiger partial charge is 0.361 e. The average Bonchev–Trinajstić information content (AvgIpc) is 2.36. The van der Waals surface area contributed by atoms with E-state index in [1.165, 1.54) is 6.07 Å². The Morgan fingerprint density at radius 1 is 1.37 bits per heavy atom. The normalized spacial score (nSPS) is 10.4. The lowest BCUT2D eigenvalue weighted by atomic mass is 10.2. The predicted octanol–water partition coefficient (Wildman–Crippen LogP) is 0.872. The second-order valence-corrected chi connectivity index (χ2v) is 4.26. The molecule has 0 bridgehead atoms. The second kappa shape index (κ2) is 5.51. The smallest absolute Gasteiger partial charge is 0.293 e. The van der Waals surface area contributed by atoms with Crippen LogP contribution in [0.4, 0.5) is 5.82 Å². The molecule has 2 aromatic rings. The summed E-state index contributed by atoms with van der Waals surface area (Å²) in [7, 11) is 0. The van der Waals surface area contributed by atoms with Crippen LogP contribution < -0.4 is 16.4 Å². The van der Waals surface area contributed by atoms with E-state index in [4.69, 9.17) is 0 Å². The number of H-pyrrole nitrogens is 1. The van der Waals surface area contributed by atoms with Crippen molar-refractivity contribution in [3.63, 3.8) is 0 Å². The molecule has 19 heavy (non-hydrogen) atoms. The Labute approximate surface area is 110 Å². The third-order valence-electron chi connectivity index (χ3n) is 2.75. The highest BCUT2D eigenvalue weighted by Crippen LogP contribution is 2.01. The van der Waals surface area contributed by atoms with E-state index in [9.17, 15) is 9.59 Å². The van der Waals surface area contributed by atoms with Crippen LogP contribution in [0.3, 0.4) is 0 Å². The van der Waals surface area contributed by atoms with E-state index >= 15 is 0 Å². The highest BCUT2D eigenvalue weighted by molar-refractivity contribution is 5.32. The summed E-state index contributed by atoms with van der Waals surface area (Å²) in [6.45, 7) is 4.70. The van der Waals surface area contributed by atoms with E-state index in [0.29, 0.717) is 18.9 Å². The van der Waals surface area contributed by atoms with Gasteiger partial charge in [-0.25, -0.2) is 4.98 Å². The van der Waals surface area contributed by atoms with E-state index in [1.807, 2.05) is 19.9 Å². The van der Waals surface area contributed by atoms with E-state index in [0.717, 1.165) is 11.3 Å². The first-order valence-electron chi connectivity index (χ1n) is 6.09. The molecule has 0 aromatic carbocycles. The van der Waals surface area contributed by atoms with Crippen LogP contribution in [0.5, 0.6) is 0 Å². The van der Waals surface area contributed by atoms with Crippen LogP contribution >= 0.6 is 0 Å². The number of aromatic amines is 1. The molecule has 0 spiro atoms. The van der Waals surface area contributed by atoms with Crippen LogP contribution in [0.2, 0.25) is 0 Å². The summed E-state index contributed by atoms with van der Waals surface area (Å²) in [4.78, 5) is 29.9. The summed E-state index contributed by atoms with van der Waals surface area (Å²) < 4.78 is 1.57. The van der Waals surface area contributed by atoms with Crippen molar-refractivity contribution in [1.82, 2.24) is 14.5 Å². The molecule has 6 nitrogen and oxygen atoms in total. The molecule has 2 heterocycles. The fourth-order valence-electron chi connectivity index (χ4n) is 1.86. The van der Waals surface area contributed by atoms with Gasteiger partial charge >= 0.3 is 0 Å². The minimum atomic E-state index is -0.161. The number of rotatable bonds is 4. The zero-order valence-electron chi connectivity index (χ0n) is 10.9. The third-order valence-corrected chi connectivity index (χ3v) is 2.75. The lowest BCUT2D eigenvalue weighted by Crippen LogP contribution is -2.23. The minimum Gasteiger partial charge on any atom is -0.361 e. The molecule has 0 unspecified atom stereocenters. The minimum absolute atomic E-state index is 0.149. The number of hydrogen-bond acceptors (Lipinski definition) is 4. The van der Waals surface area contributed by atoms with Gasteiger partial charge in [-0.1, -0.05) is 0 Å². The molecule has 0 amide bonds. The first kappa shape index (κ1) is 13.1. The Bertz CT molecular complexity index is 688. The van der Waals surface area contributed by atoms with Gasteiger partial charge in [-0.3, -0.25) is 9.59 Å². The fraction of sp³-hybridized carbons (Fsp3) is 0.308. The highest BCUT2D eigenvalue weighted by Gasteiger charge is 2.03. The van der Waals surface area contributed by atoms with Gasteiger partial charge in [-0.15, -0.1) is 0 Å². The first-order chi connectivity index (χ1) is 9.10. The molecule has 0 atom stereocenters. The summed E-state index contributed by atoms with van der Waals surface area (Å²) in [5.41, 5.74) is 1.29. The number of aryl methyl sites for hydroxylation is 2. The van der Waals surface area contributed by atoms with Crippen LogP contribution in [0.25, 0.3) is 0 Å². The van der Waals surface area contributed by atoms with Crippen molar-refractivity contribution in [3.8, 4) is 0 Å². The Hall–Kier alpha value is -2.37. The van der Waals surface area contributed by atoms with Gasteiger partial charge in [0.2, 0.25) is 5.56 Å². The van der Waals surface area contributed by atoms with Crippen LogP contribution in [0, 0.1) is 6.92 Å². The van der Waals surface area contributed by atoms with Gasteiger partial charge in [0, 0.05) is 37.2 Å². The Morgan fingerprint density at radius 2 is 2.16 bits per heavy atom. The van der Waals surface area contributed by atoms with Crippen molar-refractivity contribution >= 4 is 5.82 Å². The summed E-state index contributed by atoms with van der Waals surface area (Å²) in [6.07, 6.45) is 3.22. The number of aromatic nitrogens is 3. The van der Waals surface area contributed by atoms with Gasteiger partial charge in [0.15, 0.2) is 5.82 Å². The summed E-state index contributed by atoms with van der Waals surface area (Å²) in [6, 6.07) is 3.36. The van der Waals surface area contributed by atoms with Gasteiger partial charge in [0.25, 0.3) is 5.56 Å². The fourth-order valence-corrected chi connectivity index (χ4v) is 1.86. The van der Waals surface area contributed by atoms with Crippen molar-refractivity contribution < 1.29 is 0 Å². The third kappa shape index (κ3) is 3.09. The highest BCUT2D eigenvalue weighted by atomic mass is 16.1. The van der Waals surface area contributed by atoms with Gasteiger partial charge in [-0.2, -0.15) is 0 Å². The predicted molar refractivity (Wildman–Crippen MR) is 73.3 cm³/mol. The summed E-state index contributed by atoms with van der Waals surface area (Å²) in [5.74, 6) is 0.294. The number of anilines is 1. The van der Waals surface area contributed by atoms with Gasteiger partial charge < -0.3 is 14.9 Å². The summed E-state index contributed by atoms with van der Waals surface area (Å²) >= 11 is 0. The van der Waals surface area contributed by atoms with Crippen LogP contribution in [-0.4, -0.2) is 14.5 Å². The molecule has 2 aromatic heterocycles. The monoisotopic (exact) mass is 260 g/mol. The van der Waals surface area contributed by atoms with Crippen LogP contribution in [-0.2, 0) is 13.1 Å². The number of hydrogen-bond donors (Lipinski definition) is 2. The molecular weight excluding hydrogens is 244 g/mol. The molecule has 0 saturated heterocycles. The maximum Gasteiger partial charge on any atom is 0.293 e. The Kier molecular flexibility index (Phi) is 3.79. The SMILES string of the molecule is CCn1ccnc(NCc2cc(C)[nH]c(=O)c2)c1=O. The molecule has 2 N–H and O–H groups in total. The lowest BCUT2D eigenvalue weighted by molar-refractivity contribution is 0.718.